The van der Waals surface area contributed by atoms with Crippen LogP contribution in [0.1, 0.15) is 39.4 Å². The van der Waals surface area contributed by atoms with E-state index in [2.05, 4.69) is 34.4 Å². The van der Waals surface area contributed by atoms with Crippen LogP contribution in [0, 0.1) is 0 Å². The molecule has 0 aliphatic heterocycles. The molecule has 0 amide bonds. The van der Waals surface area contributed by atoms with Crippen molar-refractivity contribution in [3.63, 3.8) is 0 Å². The number of hydrogen-bond acceptors (Lipinski definition) is 4. The molecule has 32 heavy (non-hydrogen) atoms. The lowest BCUT2D eigenvalue weighted by Gasteiger charge is -2.19. The molecule has 5 nitrogen and oxygen atoms in total. The molecule has 0 fully saturated rings. The summed E-state index contributed by atoms with van der Waals surface area (Å²) in [5.74, 6) is -0.938. The SMILES string of the molecule is O=C(O)c1ccc(-c2ccc(C(CC(=NO)c3ccncc3)c3ccccc3)cc2)cc1. The van der Waals surface area contributed by atoms with E-state index in [0.29, 0.717) is 12.1 Å². The van der Waals surface area contributed by atoms with E-state index < -0.39 is 5.97 Å². The van der Waals surface area contributed by atoms with E-state index in [9.17, 15) is 10.0 Å². The molecular formula is C27H22N2O3. The Labute approximate surface area is 186 Å². The van der Waals surface area contributed by atoms with Crippen LogP contribution in [-0.2, 0) is 0 Å². The molecule has 4 rings (SSSR count). The van der Waals surface area contributed by atoms with Gasteiger partial charge in [-0.05, 0) is 46.5 Å². The smallest absolute Gasteiger partial charge is 0.335 e. The van der Waals surface area contributed by atoms with Gasteiger partial charge in [-0.1, -0.05) is 71.9 Å². The van der Waals surface area contributed by atoms with Crippen LogP contribution in [-0.4, -0.2) is 27.0 Å². The largest absolute Gasteiger partial charge is 0.478 e. The first kappa shape index (κ1) is 21.0. The van der Waals surface area contributed by atoms with Crippen molar-refractivity contribution >= 4 is 11.7 Å². The number of hydrogen-bond donors (Lipinski definition) is 2. The van der Waals surface area contributed by atoms with Crippen LogP contribution in [0.5, 0.6) is 0 Å². The van der Waals surface area contributed by atoms with E-state index >= 15 is 0 Å². The van der Waals surface area contributed by atoms with Crippen molar-refractivity contribution in [3.8, 4) is 11.1 Å². The number of carboxylic acids is 1. The van der Waals surface area contributed by atoms with Gasteiger partial charge in [-0.2, -0.15) is 0 Å². The molecule has 1 heterocycles. The lowest BCUT2D eigenvalue weighted by molar-refractivity contribution is 0.0697. The zero-order valence-corrected chi connectivity index (χ0v) is 17.3. The van der Waals surface area contributed by atoms with E-state index in [1.54, 1.807) is 24.5 Å². The number of oxime groups is 1. The van der Waals surface area contributed by atoms with Crippen molar-refractivity contribution in [1.82, 2.24) is 4.98 Å². The standard InChI is InChI=1S/C27H22N2O3/c30-27(31)24-12-8-20(9-13-24)19-6-10-22(11-7-19)25(21-4-2-1-3-5-21)18-26(29-32)23-14-16-28-17-15-23/h1-17,25,32H,18H2,(H,30,31). The van der Waals surface area contributed by atoms with Crippen LogP contribution in [0.4, 0.5) is 0 Å². The highest BCUT2D eigenvalue weighted by Crippen LogP contribution is 2.31. The van der Waals surface area contributed by atoms with E-state index in [1.807, 2.05) is 54.6 Å². The van der Waals surface area contributed by atoms with Crippen LogP contribution in [0.3, 0.4) is 0 Å². The maximum Gasteiger partial charge on any atom is 0.335 e. The molecule has 0 bridgehead atoms. The number of carboxylic acid groups (broad SMARTS) is 1. The molecule has 1 aromatic heterocycles. The zero-order valence-electron chi connectivity index (χ0n) is 17.3. The fourth-order valence-electron chi connectivity index (χ4n) is 3.78. The maximum atomic E-state index is 11.1. The molecular weight excluding hydrogens is 400 g/mol. The Morgan fingerprint density at radius 1 is 0.750 bits per heavy atom. The fourth-order valence-corrected chi connectivity index (χ4v) is 3.78. The third-order valence-corrected chi connectivity index (χ3v) is 5.51. The van der Waals surface area contributed by atoms with Gasteiger partial charge < -0.3 is 10.3 Å². The van der Waals surface area contributed by atoms with E-state index in [0.717, 1.165) is 27.8 Å². The summed E-state index contributed by atoms with van der Waals surface area (Å²) in [7, 11) is 0. The molecule has 0 saturated heterocycles. The van der Waals surface area contributed by atoms with Gasteiger partial charge in [0.25, 0.3) is 0 Å². The van der Waals surface area contributed by atoms with Crippen molar-refractivity contribution in [2.24, 2.45) is 5.16 Å². The van der Waals surface area contributed by atoms with Crippen molar-refractivity contribution in [1.29, 1.82) is 0 Å². The fraction of sp³-hybridized carbons (Fsp3) is 0.0741. The highest BCUT2D eigenvalue weighted by atomic mass is 16.4. The average molecular weight is 422 g/mol. The van der Waals surface area contributed by atoms with Gasteiger partial charge >= 0.3 is 5.97 Å². The van der Waals surface area contributed by atoms with Gasteiger partial charge in [0.15, 0.2) is 0 Å². The molecule has 0 saturated carbocycles. The molecule has 158 valence electrons. The molecule has 0 spiro atoms. The Bertz CT molecular complexity index is 1200. The lowest BCUT2D eigenvalue weighted by Crippen LogP contribution is -2.10. The summed E-state index contributed by atoms with van der Waals surface area (Å²) in [5, 5.41) is 22.4. The van der Waals surface area contributed by atoms with Crippen LogP contribution >= 0.6 is 0 Å². The molecule has 0 aliphatic rings. The van der Waals surface area contributed by atoms with Crippen LogP contribution in [0.15, 0.2) is 109 Å². The summed E-state index contributed by atoms with van der Waals surface area (Å²) in [5.41, 5.74) is 5.86. The van der Waals surface area contributed by atoms with Crippen molar-refractivity contribution in [2.75, 3.05) is 0 Å². The van der Waals surface area contributed by atoms with Gasteiger partial charge in [-0.25, -0.2) is 4.79 Å². The number of aromatic carboxylic acids is 1. The first-order valence-corrected chi connectivity index (χ1v) is 10.3. The zero-order chi connectivity index (χ0) is 22.3. The number of aromatic nitrogens is 1. The van der Waals surface area contributed by atoms with E-state index in [1.165, 1.54) is 0 Å². The third kappa shape index (κ3) is 4.73. The Kier molecular flexibility index (Phi) is 6.37. The first-order valence-electron chi connectivity index (χ1n) is 10.3. The molecule has 1 unspecified atom stereocenters. The summed E-state index contributed by atoms with van der Waals surface area (Å²) in [6.07, 6.45) is 3.89. The second-order valence-electron chi connectivity index (χ2n) is 7.45. The Hall–Kier alpha value is -4.25. The number of rotatable bonds is 7. The predicted molar refractivity (Wildman–Crippen MR) is 124 cm³/mol. The molecule has 3 aromatic carbocycles. The second-order valence-corrected chi connectivity index (χ2v) is 7.45. The topological polar surface area (TPSA) is 82.8 Å². The number of pyridine rings is 1. The monoisotopic (exact) mass is 422 g/mol. The normalized spacial score (nSPS) is 12.3. The minimum atomic E-state index is -0.937. The lowest BCUT2D eigenvalue weighted by atomic mass is 9.85. The first-order chi connectivity index (χ1) is 15.7. The minimum absolute atomic E-state index is 0.00120. The van der Waals surface area contributed by atoms with Gasteiger partial charge in [-0.15, -0.1) is 0 Å². The predicted octanol–water partition coefficient (Wildman–Crippen LogP) is 5.85. The number of carbonyl (C=O) groups is 1. The van der Waals surface area contributed by atoms with Crippen molar-refractivity contribution in [2.45, 2.75) is 12.3 Å². The minimum Gasteiger partial charge on any atom is -0.478 e. The molecule has 4 aromatic rings. The highest BCUT2D eigenvalue weighted by molar-refractivity contribution is 6.00. The quantitative estimate of drug-likeness (QED) is 0.222. The van der Waals surface area contributed by atoms with Gasteiger partial charge in [0.05, 0.1) is 11.3 Å². The average Bonchev–Trinajstić information content (AvgIpc) is 2.86. The Morgan fingerprint density at radius 2 is 1.31 bits per heavy atom. The van der Waals surface area contributed by atoms with Gasteiger partial charge in [0.2, 0.25) is 0 Å². The molecule has 0 radical (unpaired) electrons. The summed E-state index contributed by atoms with van der Waals surface area (Å²) in [4.78, 5) is 15.1. The molecule has 2 N–H and O–H groups in total. The maximum absolute atomic E-state index is 11.1. The van der Waals surface area contributed by atoms with Crippen molar-refractivity contribution < 1.29 is 15.1 Å². The number of benzene rings is 3. The van der Waals surface area contributed by atoms with Crippen LogP contribution < -0.4 is 0 Å². The molecule has 5 heteroatoms. The highest BCUT2D eigenvalue weighted by Gasteiger charge is 2.19. The second kappa shape index (κ2) is 9.71. The van der Waals surface area contributed by atoms with Gasteiger partial charge in [0, 0.05) is 30.3 Å². The third-order valence-electron chi connectivity index (χ3n) is 5.51. The molecule has 0 aliphatic carbocycles. The summed E-state index contributed by atoms with van der Waals surface area (Å²) < 4.78 is 0. The Morgan fingerprint density at radius 3 is 1.88 bits per heavy atom. The van der Waals surface area contributed by atoms with Crippen LogP contribution in [0.25, 0.3) is 11.1 Å². The van der Waals surface area contributed by atoms with Crippen LogP contribution in [0.2, 0.25) is 0 Å². The van der Waals surface area contributed by atoms with Crippen molar-refractivity contribution in [3.05, 3.63) is 126 Å². The van der Waals surface area contributed by atoms with Gasteiger partial charge in [-0.3, -0.25) is 4.98 Å². The van der Waals surface area contributed by atoms with E-state index in [-0.39, 0.29) is 11.5 Å². The summed E-state index contributed by atoms with van der Waals surface area (Å²) >= 11 is 0. The number of nitrogens with zero attached hydrogens (tertiary/aromatic N) is 2. The van der Waals surface area contributed by atoms with E-state index in [4.69, 9.17) is 5.11 Å². The Balaban J connectivity index is 1.65. The summed E-state index contributed by atoms with van der Waals surface area (Å²) in [6, 6.07) is 28.8. The molecule has 1 atom stereocenters. The summed E-state index contributed by atoms with van der Waals surface area (Å²) in [6.45, 7) is 0. The van der Waals surface area contributed by atoms with Gasteiger partial charge in [0.1, 0.15) is 0 Å².